The number of hydrogen-bond acceptors (Lipinski definition) is 3. The number of benzene rings is 1. The monoisotopic (exact) mass is 297 g/mol. The van der Waals surface area contributed by atoms with Crippen LogP contribution in [-0.2, 0) is 16.0 Å². The standard InChI is InChI=1S/C14H18ClNO2.C2H6/c1-18-14(17)12-7-9-16(10-12)8-6-11-2-4-13(15)5-3-11;1-2/h2-5,12H,6-10H2,1H3;1-2H3. The average molecular weight is 298 g/mol. The van der Waals surface area contributed by atoms with Crippen LogP contribution in [0.25, 0.3) is 0 Å². The lowest BCUT2D eigenvalue weighted by atomic mass is 10.1. The van der Waals surface area contributed by atoms with Crippen LogP contribution in [0.5, 0.6) is 0 Å². The summed E-state index contributed by atoms with van der Waals surface area (Å²) in [6.07, 6.45) is 1.90. The largest absolute Gasteiger partial charge is 0.469 e. The molecule has 1 unspecified atom stereocenters. The highest BCUT2D eigenvalue weighted by molar-refractivity contribution is 6.30. The van der Waals surface area contributed by atoms with Crippen LogP contribution < -0.4 is 0 Å². The molecule has 0 bridgehead atoms. The molecule has 1 atom stereocenters. The number of esters is 1. The quantitative estimate of drug-likeness (QED) is 0.798. The van der Waals surface area contributed by atoms with Crippen LogP contribution in [0.4, 0.5) is 0 Å². The van der Waals surface area contributed by atoms with E-state index >= 15 is 0 Å². The summed E-state index contributed by atoms with van der Waals surface area (Å²) in [4.78, 5) is 13.7. The Kier molecular flexibility index (Phi) is 7.63. The molecule has 1 heterocycles. The van der Waals surface area contributed by atoms with Crippen LogP contribution in [-0.4, -0.2) is 37.6 Å². The van der Waals surface area contributed by atoms with Gasteiger partial charge in [-0.2, -0.15) is 0 Å². The van der Waals surface area contributed by atoms with Crippen molar-refractivity contribution >= 4 is 17.6 Å². The highest BCUT2D eigenvalue weighted by Crippen LogP contribution is 2.18. The fourth-order valence-electron chi connectivity index (χ4n) is 2.33. The summed E-state index contributed by atoms with van der Waals surface area (Å²) in [5.41, 5.74) is 1.28. The number of ether oxygens (including phenoxy) is 1. The first kappa shape index (κ1) is 17.0. The molecule has 0 aromatic heterocycles. The second-order valence-electron chi connectivity index (χ2n) is 4.69. The Morgan fingerprint density at radius 3 is 2.60 bits per heavy atom. The molecule has 0 spiro atoms. The topological polar surface area (TPSA) is 29.5 Å². The van der Waals surface area contributed by atoms with Crippen molar-refractivity contribution in [3.05, 3.63) is 34.9 Å². The normalized spacial score (nSPS) is 18.3. The number of rotatable bonds is 4. The molecule has 2 rings (SSSR count). The van der Waals surface area contributed by atoms with E-state index in [4.69, 9.17) is 16.3 Å². The van der Waals surface area contributed by atoms with Gasteiger partial charge < -0.3 is 9.64 Å². The van der Waals surface area contributed by atoms with Crippen molar-refractivity contribution in [2.75, 3.05) is 26.7 Å². The molecule has 1 aromatic carbocycles. The predicted molar refractivity (Wildman–Crippen MR) is 83.1 cm³/mol. The molecule has 3 nitrogen and oxygen atoms in total. The van der Waals surface area contributed by atoms with E-state index in [0.29, 0.717) is 0 Å². The van der Waals surface area contributed by atoms with Crippen molar-refractivity contribution in [1.82, 2.24) is 4.90 Å². The number of nitrogens with zero attached hydrogens (tertiary/aromatic N) is 1. The molecule has 1 aliphatic rings. The molecule has 0 amide bonds. The molecule has 4 heteroatoms. The highest BCUT2D eigenvalue weighted by Gasteiger charge is 2.28. The summed E-state index contributed by atoms with van der Waals surface area (Å²) in [6.45, 7) is 6.78. The fraction of sp³-hybridized carbons (Fsp3) is 0.562. The maximum atomic E-state index is 11.4. The maximum absolute atomic E-state index is 11.4. The van der Waals surface area contributed by atoms with Gasteiger partial charge in [0.05, 0.1) is 13.0 Å². The van der Waals surface area contributed by atoms with Gasteiger partial charge in [-0.3, -0.25) is 4.79 Å². The third kappa shape index (κ3) is 5.14. The lowest BCUT2D eigenvalue weighted by Gasteiger charge is -2.15. The molecule has 0 saturated carbocycles. The van der Waals surface area contributed by atoms with Gasteiger partial charge in [-0.05, 0) is 37.1 Å². The summed E-state index contributed by atoms with van der Waals surface area (Å²) in [6, 6.07) is 7.93. The van der Waals surface area contributed by atoms with Gasteiger partial charge in [-0.15, -0.1) is 0 Å². The average Bonchev–Trinajstić information content (AvgIpc) is 2.97. The van der Waals surface area contributed by atoms with Crippen molar-refractivity contribution in [3.63, 3.8) is 0 Å². The number of halogens is 1. The first-order valence-corrected chi connectivity index (χ1v) is 7.61. The number of carbonyl (C=O) groups excluding carboxylic acids is 1. The zero-order valence-electron chi connectivity index (χ0n) is 12.6. The minimum absolute atomic E-state index is 0.0558. The first-order chi connectivity index (χ1) is 9.69. The molecule has 0 aliphatic carbocycles. The number of methoxy groups -OCH3 is 1. The Bertz CT molecular complexity index is 405. The summed E-state index contributed by atoms with van der Waals surface area (Å²) >= 11 is 5.85. The Morgan fingerprint density at radius 1 is 1.35 bits per heavy atom. The molecule has 0 radical (unpaired) electrons. The van der Waals surface area contributed by atoms with Gasteiger partial charge in [0.25, 0.3) is 0 Å². The molecule has 1 saturated heterocycles. The Morgan fingerprint density at radius 2 is 2.00 bits per heavy atom. The predicted octanol–water partition coefficient (Wildman–Crippen LogP) is 3.40. The lowest BCUT2D eigenvalue weighted by molar-refractivity contribution is -0.144. The second kappa shape index (κ2) is 8.98. The smallest absolute Gasteiger partial charge is 0.310 e. The molecule has 1 aliphatic heterocycles. The van der Waals surface area contributed by atoms with Crippen molar-refractivity contribution in [2.45, 2.75) is 26.7 Å². The van der Waals surface area contributed by atoms with Gasteiger partial charge in [-0.25, -0.2) is 0 Å². The summed E-state index contributed by atoms with van der Waals surface area (Å²) in [7, 11) is 1.46. The third-order valence-electron chi connectivity index (χ3n) is 3.44. The molecule has 112 valence electrons. The SMILES string of the molecule is CC.COC(=O)C1CCN(CCc2ccc(Cl)cc2)C1. The van der Waals surface area contributed by atoms with Gasteiger partial charge in [0.15, 0.2) is 0 Å². The lowest BCUT2D eigenvalue weighted by Crippen LogP contribution is -2.25. The maximum Gasteiger partial charge on any atom is 0.310 e. The second-order valence-corrected chi connectivity index (χ2v) is 5.12. The minimum atomic E-state index is -0.0796. The Hall–Kier alpha value is -1.06. The van der Waals surface area contributed by atoms with Gasteiger partial charge in [0.2, 0.25) is 0 Å². The van der Waals surface area contributed by atoms with E-state index in [2.05, 4.69) is 17.0 Å². The van der Waals surface area contributed by atoms with E-state index in [-0.39, 0.29) is 11.9 Å². The van der Waals surface area contributed by atoms with Gasteiger partial charge in [-0.1, -0.05) is 37.6 Å². The van der Waals surface area contributed by atoms with Crippen LogP contribution in [0.15, 0.2) is 24.3 Å². The van der Waals surface area contributed by atoms with Crippen molar-refractivity contribution < 1.29 is 9.53 Å². The van der Waals surface area contributed by atoms with E-state index in [1.807, 2.05) is 26.0 Å². The van der Waals surface area contributed by atoms with Gasteiger partial charge >= 0.3 is 5.97 Å². The third-order valence-corrected chi connectivity index (χ3v) is 3.69. The van der Waals surface area contributed by atoms with Crippen LogP contribution in [0.3, 0.4) is 0 Å². The van der Waals surface area contributed by atoms with E-state index < -0.39 is 0 Å². The first-order valence-electron chi connectivity index (χ1n) is 7.23. The Balaban J connectivity index is 0.000000956. The molecular formula is C16H24ClNO2. The van der Waals surface area contributed by atoms with Gasteiger partial charge in [0.1, 0.15) is 0 Å². The summed E-state index contributed by atoms with van der Waals surface area (Å²) in [5, 5.41) is 0.769. The van der Waals surface area contributed by atoms with Crippen LogP contribution >= 0.6 is 11.6 Å². The molecular weight excluding hydrogens is 274 g/mol. The van der Waals surface area contributed by atoms with Crippen LogP contribution in [0.2, 0.25) is 5.02 Å². The molecule has 0 N–H and O–H groups in total. The fourth-order valence-corrected chi connectivity index (χ4v) is 2.46. The molecule has 20 heavy (non-hydrogen) atoms. The Labute approximate surface area is 126 Å². The van der Waals surface area contributed by atoms with E-state index in [1.54, 1.807) is 0 Å². The number of likely N-dealkylation sites (tertiary alicyclic amines) is 1. The summed E-state index contributed by atoms with van der Waals surface area (Å²) < 4.78 is 4.78. The van der Waals surface area contributed by atoms with Crippen LogP contribution in [0, 0.1) is 5.92 Å². The number of carbonyl (C=O) groups is 1. The minimum Gasteiger partial charge on any atom is -0.469 e. The van der Waals surface area contributed by atoms with Gasteiger partial charge in [0, 0.05) is 18.1 Å². The molecule has 1 fully saturated rings. The van der Waals surface area contributed by atoms with Crippen LogP contribution in [0.1, 0.15) is 25.8 Å². The zero-order valence-corrected chi connectivity index (χ0v) is 13.3. The van der Waals surface area contributed by atoms with Crippen molar-refractivity contribution in [2.24, 2.45) is 5.92 Å². The van der Waals surface area contributed by atoms with Crippen molar-refractivity contribution in [3.8, 4) is 0 Å². The van der Waals surface area contributed by atoms with Crippen molar-refractivity contribution in [1.29, 1.82) is 0 Å². The highest BCUT2D eigenvalue weighted by atomic mass is 35.5. The zero-order chi connectivity index (χ0) is 15.0. The number of hydrogen-bond donors (Lipinski definition) is 0. The molecule has 1 aromatic rings. The van der Waals surface area contributed by atoms with E-state index in [1.165, 1.54) is 12.7 Å². The van der Waals surface area contributed by atoms with E-state index in [0.717, 1.165) is 37.5 Å². The van der Waals surface area contributed by atoms with E-state index in [9.17, 15) is 4.79 Å². The summed E-state index contributed by atoms with van der Waals surface area (Å²) in [5.74, 6) is -0.0239.